The Morgan fingerprint density at radius 1 is 1.42 bits per heavy atom. The molecule has 0 spiro atoms. The van der Waals surface area contributed by atoms with E-state index in [0.717, 1.165) is 17.8 Å². The first-order chi connectivity index (χ1) is 11.7. The van der Waals surface area contributed by atoms with Gasteiger partial charge in [-0.15, -0.1) is 4.73 Å². The van der Waals surface area contributed by atoms with Crippen LogP contribution in [0.25, 0.3) is 11.1 Å². The third-order valence-electron chi connectivity index (χ3n) is 3.97. The van der Waals surface area contributed by atoms with Crippen LogP contribution in [0.2, 0.25) is 0 Å². The lowest BCUT2D eigenvalue weighted by Crippen LogP contribution is -2.43. The number of carbonyl (C=O) groups excluding carboxylic acids is 1. The van der Waals surface area contributed by atoms with Crippen molar-refractivity contribution in [1.29, 1.82) is 0 Å². The molecule has 130 valence electrons. The van der Waals surface area contributed by atoms with Gasteiger partial charge in [0.25, 0.3) is 5.52 Å². The van der Waals surface area contributed by atoms with Crippen molar-refractivity contribution in [2.75, 3.05) is 46.5 Å². The van der Waals surface area contributed by atoms with Gasteiger partial charge in [-0.25, -0.2) is 0 Å². The first-order valence-corrected chi connectivity index (χ1v) is 7.93. The molecule has 1 aliphatic rings. The minimum Gasteiger partial charge on any atom is -0.616 e. The highest BCUT2D eigenvalue weighted by atomic mass is 16.5. The van der Waals surface area contributed by atoms with Gasteiger partial charge in [0, 0.05) is 31.8 Å². The summed E-state index contributed by atoms with van der Waals surface area (Å²) in [7, 11) is 1.56. The van der Waals surface area contributed by atoms with Crippen molar-refractivity contribution in [2.45, 2.75) is 6.42 Å². The van der Waals surface area contributed by atoms with E-state index in [-0.39, 0.29) is 11.8 Å². The summed E-state index contributed by atoms with van der Waals surface area (Å²) in [6.45, 7) is 3.54. The molecule has 0 saturated carbocycles. The number of nitrogens with one attached hydrogen (secondary N) is 1. The zero-order valence-electron chi connectivity index (χ0n) is 13.6. The molecule has 0 atom stereocenters. The first-order valence-electron chi connectivity index (χ1n) is 7.93. The Bertz CT molecular complexity index is 709. The molecule has 1 amide bonds. The highest BCUT2D eigenvalue weighted by Crippen LogP contribution is 2.20. The van der Waals surface area contributed by atoms with Gasteiger partial charge >= 0.3 is 5.89 Å². The van der Waals surface area contributed by atoms with Crippen molar-refractivity contribution in [3.63, 3.8) is 0 Å². The lowest BCUT2D eigenvalue weighted by atomic mass is 10.3. The van der Waals surface area contributed by atoms with Crippen LogP contribution in [0.1, 0.15) is 5.89 Å². The fourth-order valence-electron chi connectivity index (χ4n) is 2.65. The molecule has 1 aromatic heterocycles. The number of benzene rings is 1. The number of methoxy groups -OCH3 is 1. The quantitative estimate of drug-likeness (QED) is 0.593. The summed E-state index contributed by atoms with van der Waals surface area (Å²) in [4.78, 5) is 14.0. The maximum atomic E-state index is 12.2. The van der Waals surface area contributed by atoms with Gasteiger partial charge in [-0.3, -0.25) is 9.69 Å². The molecule has 0 bridgehead atoms. The largest absolute Gasteiger partial charge is 0.616 e. The number of rotatable bonds is 6. The van der Waals surface area contributed by atoms with Gasteiger partial charge < -0.3 is 24.4 Å². The highest BCUT2D eigenvalue weighted by Gasteiger charge is 2.19. The molecule has 1 fully saturated rings. The molecular formula is C16H21N3O5. The molecule has 8 nitrogen and oxygen atoms in total. The normalized spacial score (nSPS) is 15.5. The lowest BCUT2D eigenvalue weighted by Gasteiger charge is -2.25. The fourth-order valence-corrected chi connectivity index (χ4v) is 2.65. The Balaban J connectivity index is 1.53. The molecule has 2 aromatic rings. The van der Waals surface area contributed by atoms with E-state index in [9.17, 15) is 10.0 Å². The van der Waals surface area contributed by atoms with E-state index in [2.05, 4.69) is 5.32 Å². The average molecular weight is 335 g/mol. The Kier molecular flexibility index (Phi) is 5.17. The second kappa shape index (κ2) is 7.50. The summed E-state index contributed by atoms with van der Waals surface area (Å²) in [6.07, 6.45) is 0.329. The number of amides is 1. The predicted molar refractivity (Wildman–Crippen MR) is 85.7 cm³/mol. The van der Waals surface area contributed by atoms with Gasteiger partial charge in [0.15, 0.2) is 0 Å². The number of aromatic nitrogens is 1. The van der Waals surface area contributed by atoms with Crippen LogP contribution in [-0.2, 0) is 16.0 Å². The first kappa shape index (κ1) is 16.5. The molecule has 2 heterocycles. The van der Waals surface area contributed by atoms with Crippen LogP contribution in [0, 0.1) is 5.21 Å². The molecule has 3 rings (SSSR count). The van der Waals surface area contributed by atoms with Crippen LogP contribution in [0.15, 0.2) is 22.6 Å². The second-order valence-electron chi connectivity index (χ2n) is 5.61. The molecule has 0 aliphatic carbocycles. The number of fused-ring (bicyclic) bond motifs is 1. The van der Waals surface area contributed by atoms with Gasteiger partial charge in [-0.2, -0.15) is 0 Å². The van der Waals surface area contributed by atoms with Crippen LogP contribution in [0.5, 0.6) is 5.75 Å². The summed E-state index contributed by atoms with van der Waals surface area (Å²) in [5, 5.41) is 15.0. The zero-order chi connectivity index (χ0) is 16.9. The fraction of sp³-hybridized carbons (Fsp3) is 0.500. The predicted octanol–water partition coefficient (Wildman–Crippen LogP) is 0.0657. The molecular weight excluding hydrogens is 314 g/mol. The maximum absolute atomic E-state index is 12.2. The number of oxazole rings is 1. The Morgan fingerprint density at radius 3 is 2.96 bits per heavy atom. The van der Waals surface area contributed by atoms with Gasteiger partial charge in [0.05, 0.1) is 33.3 Å². The third kappa shape index (κ3) is 3.77. The summed E-state index contributed by atoms with van der Waals surface area (Å²) in [5.74, 6) is 0.833. The van der Waals surface area contributed by atoms with Crippen LogP contribution < -0.4 is 14.8 Å². The van der Waals surface area contributed by atoms with E-state index in [4.69, 9.17) is 13.9 Å². The number of carbonyl (C=O) groups is 1. The maximum Gasteiger partial charge on any atom is 0.361 e. The monoisotopic (exact) mass is 335 g/mol. The molecule has 24 heavy (non-hydrogen) atoms. The molecule has 1 saturated heterocycles. The number of nitrogens with zero attached hydrogens (tertiary/aromatic N) is 2. The van der Waals surface area contributed by atoms with Crippen molar-refractivity contribution in [2.24, 2.45) is 0 Å². The SMILES string of the molecule is COc1ccc2c(c1)oc(CCNC(=O)CN1CCOCC1)[n+]2[O-]. The number of morpholine rings is 1. The second-order valence-corrected chi connectivity index (χ2v) is 5.61. The number of hydrogen-bond acceptors (Lipinski definition) is 6. The topological polar surface area (TPSA) is 90.9 Å². The van der Waals surface area contributed by atoms with Crippen molar-refractivity contribution >= 4 is 17.0 Å². The van der Waals surface area contributed by atoms with Crippen molar-refractivity contribution < 1.29 is 23.4 Å². The molecule has 1 aromatic carbocycles. The van der Waals surface area contributed by atoms with Gasteiger partial charge in [0.2, 0.25) is 11.5 Å². The summed E-state index contributed by atoms with van der Waals surface area (Å²) < 4.78 is 16.7. The number of hydrogen-bond donors (Lipinski definition) is 1. The zero-order valence-corrected chi connectivity index (χ0v) is 13.6. The van der Waals surface area contributed by atoms with Crippen molar-refractivity contribution in [1.82, 2.24) is 10.2 Å². The average Bonchev–Trinajstić information content (AvgIpc) is 2.91. The van der Waals surface area contributed by atoms with Crippen molar-refractivity contribution in [3.05, 3.63) is 29.3 Å². The van der Waals surface area contributed by atoms with Crippen LogP contribution in [-0.4, -0.2) is 57.3 Å². The van der Waals surface area contributed by atoms with E-state index >= 15 is 0 Å². The van der Waals surface area contributed by atoms with Crippen LogP contribution in [0.4, 0.5) is 0 Å². The summed E-state index contributed by atoms with van der Waals surface area (Å²) in [6, 6.07) is 5.04. The molecule has 8 heteroatoms. The van der Waals surface area contributed by atoms with E-state index < -0.39 is 0 Å². The Hall–Kier alpha value is -2.32. The summed E-state index contributed by atoms with van der Waals surface area (Å²) in [5.41, 5.74) is 0.921. The Morgan fingerprint density at radius 2 is 2.21 bits per heavy atom. The number of ether oxygens (including phenoxy) is 2. The standard InChI is InChI=1S/C16H21N3O5/c1-22-12-2-3-13-14(10-12)24-16(19(13)21)4-5-17-15(20)11-18-6-8-23-9-7-18/h2-3,10H,4-9,11H2,1H3,(H,17,20). The van der Waals surface area contributed by atoms with E-state index in [0.29, 0.717) is 49.6 Å². The summed E-state index contributed by atoms with van der Waals surface area (Å²) >= 11 is 0. The van der Waals surface area contributed by atoms with Gasteiger partial charge in [0.1, 0.15) is 5.75 Å². The molecule has 1 aliphatic heterocycles. The highest BCUT2D eigenvalue weighted by molar-refractivity contribution is 5.78. The minimum absolute atomic E-state index is 0.0628. The van der Waals surface area contributed by atoms with Gasteiger partial charge in [-0.1, -0.05) is 0 Å². The molecule has 1 N–H and O–H groups in total. The van der Waals surface area contributed by atoms with E-state index in [1.807, 2.05) is 4.90 Å². The Labute approximate surface area is 139 Å². The molecule has 0 radical (unpaired) electrons. The third-order valence-corrected chi connectivity index (χ3v) is 3.97. The van der Waals surface area contributed by atoms with Gasteiger partial charge in [-0.05, 0) is 6.07 Å². The smallest absolute Gasteiger partial charge is 0.361 e. The molecule has 0 unspecified atom stereocenters. The minimum atomic E-state index is -0.0628. The van der Waals surface area contributed by atoms with Crippen molar-refractivity contribution in [3.8, 4) is 5.75 Å². The van der Waals surface area contributed by atoms with Crippen LogP contribution in [0.3, 0.4) is 0 Å². The van der Waals surface area contributed by atoms with Crippen LogP contribution >= 0.6 is 0 Å². The van der Waals surface area contributed by atoms with E-state index in [1.165, 1.54) is 0 Å². The van der Waals surface area contributed by atoms with E-state index in [1.54, 1.807) is 25.3 Å². The lowest BCUT2D eigenvalue weighted by molar-refractivity contribution is -0.592.